The van der Waals surface area contributed by atoms with E-state index in [1.165, 1.54) is 0 Å². The van der Waals surface area contributed by atoms with Crippen molar-refractivity contribution >= 4 is 11.7 Å². The van der Waals surface area contributed by atoms with Crippen molar-refractivity contribution in [2.45, 2.75) is 39.0 Å². The second-order valence-corrected chi connectivity index (χ2v) is 5.55. The lowest BCUT2D eigenvalue weighted by Crippen LogP contribution is -2.40. The molecule has 7 heteroatoms. The Hall–Kier alpha value is -2.41. The van der Waals surface area contributed by atoms with Crippen molar-refractivity contribution in [3.63, 3.8) is 0 Å². The highest BCUT2D eigenvalue weighted by Crippen LogP contribution is 2.28. The minimum atomic E-state index is -0.241. The Morgan fingerprint density at radius 2 is 2.35 bits per heavy atom. The van der Waals surface area contributed by atoms with Gasteiger partial charge in [-0.25, -0.2) is 9.78 Å². The summed E-state index contributed by atoms with van der Waals surface area (Å²) in [5.41, 5.74) is 1.67. The lowest BCUT2D eigenvalue weighted by molar-refractivity contribution is 0.0906. The molecule has 7 nitrogen and oxygen atoms in total. The first-order valence-electron chi connectivity index (χ1n) is 7.79. The summed E-state index contributed by atoms with van der Waals surface area (Å²) in [5.74, 6) is 0.857. The van der Waals surface area contributed by atoms with E-state index in [0.717, 1.165) is 30.0 Å². The predicted molar refractivity (Wildman–Crippen MR) is 86.1 cm³/mol. The molecular formula is C16H21N5O2. The van der Waals surface area contributed by atoms with E-state index in [4.69, 9.17) is 4.74 Å². The lowest BCUT2D eigenvalue weighted by Gasteiger charge is -2.20. The summed E-state index contributed by atoms with van der Waals surface area (Å²) in [6, 6.07) is 1.45. The molecule has 1 saturated heterocycles. The maximum atomic E-state index is 12.3. The van der Waals surface area contributed by atoms with Gasteiger partial charge in [-0.2, -0.15) is 0 Å². The highest BCUT2D eigenvalue weighted by Gasteiger charge is 2.33. The number of ether oxygens (including phenoxy) is 1. The number of aryl methyl sites for hydroxylation is 2. The summed E-state index contributed by atoms with van der Waals surface area (Å²) in [7, 11) is 0. The molecule has 1 fully saturated rings. The van der Waals surface area contributed by atoms with Crippen LogP contribution in [0, 0.1) is 6.92 Å². The predicted octanol–water partition coefficient (Wildman–Crippen LogP) is 2.26. The van der Waals surface area contributed by atoms with Crippen molar-refractivity contribution in [1.82, 2.24) is 19.9 Å². The molecule has 0 radical (unpaired) electrons. The van der Waals surface area contributed by atoms with Crippen molar-refractivity contribution in [2.24, 2.45) is 0 Å². The summed E-state index contributed by atoms with van der Waals surface area (Å²) in [6.45, 7) is 5.40. The summed E-state index contributed by atoms with van der Waals surface area (Å²) in [4.78, 5) is 20.7. The Balaban J connectivity index is 1.67. The first kappa shape index (κ1) is 15.5. The minimum Gasteiger partial charge on any atom is -0.368 e. The van der Waals surface area contributed by atoms with Gasteiger partial charge < -0.3 is 19.9 Å². The van der Waals surface area contributed by atoms with Gasteiger partial charge in [0, 0.05) is 43.6 Å². The third-order valence-electron chi connectivity index (χ3n) is 4.02. The van der Waals surface area contributed by atoms with E-state index >= 15 is 0 Å². The van der Waals surface area contributed by atoms with Crippen LogP contribution < -0.4 is 10.6 Å². The molecule has 0 spiro atoms. The zero-order valence-electron chi connectivity index (χ0n) is 13.3. The quantitative estimate of drug-likeness (QED) is 0.907. The second kappa shape index (κ2) is 6.78. The Morgan fingerprint density at radius 3 is 3.13 bits per heavy atom. The molecule has 1 aliphatic rings. The van der Waals surface area contributed by atoms with Gasteiger partial charge in [0.25, 0.3) is 0 Å². The van der Waals surface area contributed by atoms with Gasteiger partial charge in [0.15, 0.2) is 0 Å². The molecule has 23 heavy (non-hydrogen) atoms. The summed E-state index contributed by atoms with van der Waals surface area (Å²) in [6.07, 6.45) is 7.61. The Labute approximate surface area is 135 Å². The molecule has 0 aliphatic carbocycles. The van der Waals surface area contributed by atoms with Gasteiger partial charge in [0.1, 0.15) is 11.9 Å². The van der Waals surface area contributed by atoms with Crippen LogP contribution in [0.2, 0.25) is 0 Å². The van der Waals surface area contributed by atoms with E-state index in [0.29, 0.717) is 6.61 Å². The summed E-state index contributed by atoms with van der Waals surface area (Å²) >= 11 is 0. The molecule has 2 N–H and O–H groups in total. The first-order chi connectivity index (χ1) is 11.2. The van der Waals surface area contributed by atoms with Gasteiger partial charge in [-0.1, -0.05) is 0 Å². The molecule has 3 rings (SSSR count). The van der Waals surface area contributed by atoms with Crippen LogP contribution in [0.5, 0.6) is 0 Å². The van der Waals surface area contributed by atoms with E-state index < -0.39 is 0 Å². The van der Waals surface area contributed by atoms with Crippen molar-refractivity contribution in [2.75, 3.05) is 11.9 Å². The highest BCUT2D eigenvalue weighted by atomic mass is 16.5. The number of amides is 2. The number of hydrogen-bond acceptors (Lipinski definition) is 4. The molecule has 0 saturated carbocycles. The fraction of sp³-hybridized carbons (Fsp3) is 0.438. The Bertz CT molecular complexity index is 685. The van der Waals surface area contributed by atoms with Gasteiger partial charge in [-0.3, -0.25) is 4.98 Å². The number of imidazole rings is 1. The fourth-order valence-corrected chi connectivity index (χ4v) is 2.78. The number of hydrogen-bond donors (Lipinski definition) is 2. The maximum Gasteiger partial charge on any atom is 0.319 e. The average Bonchev–Trinajstić information content (AvgIpc) is 3.17. The molecule has 1 aliphatic heterocycles. The number of carbonyl (C=O) groups is 1. The smallest absolute Gasteiger partial charge is 0.319 e. The fourth-order valence-electron chi connectivity index (χ4n) is 2.78. The van der Waals surface area contributed by atoms with Gasteiger partial charge in [-0.05, 0) is 31.9 Å². The first-order valence-corrected chi connectivity index (χ1v) is 7.79. The van der Waals surface area contributed by atoms with Crippen LogP contribution in [0.25, 0.3) is 0 Å². The van der Waals surface area contributed by atoms with Crippen LogP contribution >= 0.6 is 0 Å². The summed E-state index contributed by atoms with van der Waals surface area (Å²) in [5, 5.41) is 5.85. The van der Waals surface area contributed by atoms with E-state index in [1.807, 2.05) is 17.7 Å². The zero-order valence-corrected chi connectivity index (χ0v) is 13.3. The van der Waals surface area contributed by atoms with Crippen molar-refractivity contribution in [3.8, 4) is 0 Å². The molecule has 2 aromatic rings. The number of carbonyl (C=O) groups excluding carboxylic acids is 1. The molecule has 0 bridgehead atoms. The molecule has 0 aromatic carbocycles. The van der Waals surface area contributed by atoms with Crippen molar-refractivity contribution in [1.29, 1.82) is 0 Å². The molecule has 2 amide bonds. The number of anilines is 1. The van der Waals surface area contributed by atoms with Gasteiger partial charge >= 0.3 is 6.03 Å². The monoisotopic (exact) mass is 315 g/mol. The normalized spacial score (nSPS) is 20.4. The van der Waals surface area contributed by atoms with Crippen LogP contribution in [-0.4, -0.2) is 33.2 Å². The Morgan fingerprint density at radius 1 is 1.48 bits per heavy atom. The molecule has 0 unspecified atom stereocenters. The number of nitrogens with zero attached hydrogens (tertiary/aromatic N) is 3. The second-order valence-electron chi connectivity index (χ2n) is 5.55. The van der Waals surface area contributed by atoms with E-state index in [-0.39, 0.29) is 18.2 Å². The minimum absolute atomic E-state index is 0.0927. The largest absolute Gasteiger partial charge is 0.368 e. The number of urea groups is 1. The number of pyridine rings is 1. The van der Waals surface area contributed by atoms with Crippen molar-refractivity contribution < 1.29 is 9.53 Å². The van der Waals surface area contributed by atoms with Gasteiger partial charge in [-0.15, -0.1) is 0 Å². The number of nitrogens with one attached hydrogen (secondary N) is 2. The topological polar surface area (TPSA) is 81.1 Å². The number of aromatic nitrogens is 3. The third-order valence-corrected chi connectivity index (χ3v) is 4.02. The van der Waals surface area contributed by atoms with Gasteiger partial charge in [0.05, 0.1) is 6.04 Å². The molecule has 122 valence electrons. The van der Waals surface area contributed by atoms with Crippen LogP contribution in [0.15, 0.2) is 30.9 Å². The average molecular weight is 315 g/mol. The zero-order chi connectivity index (χ0) is 16.2. The lowest BCUT2D eigenvalue weighted by atomic mass is 10.1. The van der Waals surface area contributed by atoms with Crippen LogP contribution in [0.4, 0.5) is 10.5 Å². The SMILES string of the molecule is CCn1ccnc1[C@H]1OCC[C@@H]1NC(=O)Nc1ccncc1C. The van der Waals surface area contributed by atoms with Crippen LogP contribution in [0.3, 0.4) is 0 Å². The van der Waals surface area contributed by atoms with Crippen LogP contribution in [-0.2, 0) is 11.3 Å². The standard InChI is InChI=1S/C16H21N5O2/c1-3-21-8-7-18-15(21)14-13(5-9-23-14)20-16(22)19-12-4-6-17-10-11(12)2/h4,6-8,10,13-14H,3,5,9H2,1-2H3,(H2,17,19,20,22)/t13-,14-/m0/s1. The maximum absolute atomic E-state index is 12.3. The van der Waals surface area contributed by atoms with Gasteiger partial charge in [0.2, 0.25) is 0 Å². The van der Waals surface area contributed by atoms with Crippen LogP contribution in [0.1, 0.15) is 30.8 Å². The van der Waals surface area contributed by atoms with E-state index in [9.17, 15) is 4.79 Å². The molecular weight excluding hydrogens is 294 g/mol. The summed E-state index contributed by atoms with van der Waals surface area (Å²) < 4.78 is 7.83. The number of rotatable bonds is 4. The Kier molecular flexibility index (Phi) is 4.57. The van der Waals surface area contributed by atoms with E-state index in [1.54, 1.807) is 24.7 Å². The third kappa shape index (κ3) is 3.34. The molecule has 3 heterocycles. The highest BCUT2D eigenvalue weighted by molar-refractivity contribution is 5.90. The molecule has 2 aromatic heterocycles. The van der Waals surface area contributed by atoms with E-state index in [2.05, 4.69) is 27.5 Å². The molecule has 2 atom stereocenters. The van der Waals surface area contributed by atoms with Crippen molar-refractivity contribution in [3.05, 3.63) is 42.2 Å².